The van der Waals surface area contributed by atoms with E-state index in [9.17, 15) is 5.11 Å². The Morgan fingerprint density at radius 2 is 1.86 bits per heavy atom. The number of benzene rings is 2. The molecule has 0 aromatic heterocycles. The first kappa shape index (κ1) is 13.8. The Labute approximate surface area is 126 Å². The van der Waals surface area contributed by atoms with Crippen LogP contribution in [-0.2, 0) is 6.54 Å². The summed E-state index contributed by atoms with van der Waals surface area (Å²) in [6.45, 7) is 5.04. The van der Waals surface area contributed by atoms with Gasteiger partial charge < -0.3 is 15.3 Å². The molecule has 2 aromatic rings. The van der Waals surface area contributed by atoms with Crippen LogP contribution in [0, 0.1) is 6.92 Å². The molecule has 0 aliphatic carbocycles. The van der Waals surface area contributed by atoms with Crippen LogP contribution in [0.2, 0.25) is 0 Å². The summed E-state index contributed by atoms with van der Waals surface area (Å²) in [7, 11) is 0. The Balaban J connectivity index is 1.74. The predicted octanol–water partition coefficient (Wildman–Crippen LogP) is 3.91. The van der Waals surface area contributed by atoms with Crippen molar-refractivity contribution < 1.29 is 5.11 Å². The number of nitrogens with one attached hydrogen (secondary N) is 1. The fraction of sp³-hybridized carbons (Fsp3) is 0.333. The van der Waals surface area contributed by atoms with Crippen LogP contribution in [0.15, 0.2) is 42.5 Å². The van der Waals surface area contributed by atoms with E-state index in [4.69, 9.17) is 0 Å². The lowest BCUT2D eigenvalue weighted by Gasteiger charge is -2.21. The number of para-hydroxylation sites is 1. The number of hydrogen-bond acceptors (Lipinski definition) is 3. The molecule has 1 fully saturated rings. The number of phenolic OH excluding ortho intramolecular Hbond substituents is 1. The zero-order valence-electron chi connectivity index (χ0n) is 12.5. The highest BCUT2D eigenvalue weighted by atomic mass is 16.3. The summed E-state index contributed by atoms with van der Waals surface area (Å²) < 4.78 is 0. The van der Waals surface area contributed by atoms with Gasteiger partial charge >= 0.3 is 0 Å². The van der Waals surface area contributed by atoms with E-state index < -0.39 is 0 Å². The molecule has 2 aromatic carbocycles. The molecule has 3 rings (SSSR count). The molecule has 1 saturated heterocycles. The van der Waals surface area contributed by atoms with Gasteiger partial charge in [0.15, 0.2) is 0 Å². The highest BCUT2D eigenvalue weighted by Gasteiger charge is 2.14. The molecular formula is C18H22N2O. The van der Waals surface area contributed by atoms with Gasteiger partial charge in [-0.2, -0.15) is 0 Å². The molecule has 0 radical (unpaired) electrons. The van der Waals surface area contributed by atoms with Crippen LogP contribution in [0.3, 0.4) is 0 Å². The second-order valence-electron chi connectivity index (χ2n) is 5.68. The van der Waals surface area contributed by atoms with Gasteiger partial charge in [0.1, 0.15) is 5.75 Å². The zero-order valence-corrected chi connectivity index (χ0v) is 12.5. The molecule has 0 atom stereocenters. The maximum Gasteiger partial charge on any atom is 0.118 e. The summed E-state index contributed by atoms with van der Waals surface area (Å²) in [4.78, 5) is 2.47. The van der Waals surface area contributed by atoms with E-state index in [0.29, 0.717) is 5.75 Å². The molecule has 3 nitrogen and oxygen atoms in total. The molecule has 0 amide bonds. The average molecular weight is 282 g/mol. The van der Waals surface area contributed by atoms with E-state index in [2.05, 4.69) is 34.5 Å². The largest absolute Gasteiger partial charge is 0.508 e. The zero-order chi connectivity index (χ0) is 14.7. The second-order valence-corrected chi connectivity index (χ2v) is 5.68. The van der Waals surface area contributed by atoms with Crippen molar-refractivity contribution in [2.75, 3.05) is 23.3 Å². The minimum atomic E-state index is 0.345. The number of rotatable bonds is 4. The molecular weight excluding hydrogens is 260 g/mol. The highest BCUT2D eigenvalue weighted by molar-refractivity contribution is 5.57. The molecule has 3 heteroatoms. The van der Waals surface area contributed by atoms with Crippen molar-refractivity contribution in [1.29, 1.82) is 0 Å². The normalized spacial score (nSPS) is 14.4. The standard InChI is InChI=1S/C18H22N2O/c1-14-12-16(8-9-18(14)21)19-13-15-6-2-3-7-17(15)20-10-4-5-11-20/h2-3,6-9,12,19,21H,4-5,10-11,13H2,1H3. The molecule has 0 saturated carbocycles. The Kier molecular flexibility index (Phi) is 4.00. The first-order valence-electron chi connectivity index (χ1n) is 7.60. The quantitative estimate of drug-likeness (QED) is 0.835. The summed E-state index contributed by atoms with van der Waals surface area (Å²) in [5.41, 5.74) is 4.61. The second kappa shape index (κ2) is 6.08. The fourth-order valence-electron chi connectivity index (χ4n) is 2.89. The first-order valence-corrected chi connectivity index (χ1v) is 7.60. The van der Waals surface area contributed by atoms with Crippen LogP contribution in [0.25, 0.3) is 0 Å². The molecule has 0 bridgehead atoms. The molecule has 1 aliphatic rings. The molecule has 2 N–H and O–H groups in total. The van der Waals surface area contributed by atoms with Crippen LogP contribution in [0.1, 0.15) is 24.0 Å². The van der Waals surface area contributed by atoms with Gasteiger partial charge in [-0.1, -0.05) is 18.2 Å². The smallest absolute Gasteiger partial charge is 0.118 e. The van der Waals surface area contributed by atoms with Crippen molar-refractivity contribution in [3.8, 4) is 5.75 Å². The van der Waals surface area contributed by atoms with Crippen molar-refractivity contribution in [2.24, 2.45) is 0 Å². The SMILES string of the molecule is Cc1cc(NCc2ccccc2N2CCCC2)ccc1O. The minimum absolute atomic E-state index is 0.345. The Morgan fingerprint density at radius 1 is 1.10 bits per heavy atom. The van der Waals surface area contributed by atoms with E-state index in [0.717, 1.165) is 30.9 Å². The van der Waals surface area contributed by atoms with Crippen molar-refractivity contribution in [3.63, 3.8) is 0 Å². The third kappa shape index (κ3) is 3.13. The van der Waals surface area contributed by atoms with Crippen molar-refractivity contribution in [2.45, 2.75) is 26.3 Å². The Morgan fingerprint density at radius 3 is 2.62 bits per heavy atom. The van der Waals surface area contributed by atoms with Gasteiger partial charge in [-0.25, -0.2) is 0 Å². The number of hydrogen-bond donors (Lipinski definition) is 2. The van der Waals surface area contributed by atoms with E-state index in [1.54, 1.807) is 6.07 Å². The van der Waals surface area contributed by atoms with Crippen LogP contribution >= 0.6 is 0 Å². The van der Waals surface area contributed by atoms with Crippen LogP contribution < -0.4 is 10.2 Å². The topological polar surface area (TPSA) is 35.5 Å². The molecule has 0 unspecified atom stereocenters. The van der Waals surface area contributed by atoms with Crippen LogP contribution in [0.4, 0.5) is 11.4 Å². The minimum Gasteiger partial charge on any atom is -0.508 e. The van der Waals surface area contributed by atoms with Crippen LogP contribution in [-0.4, -0.2) is 18.2 Å². The van der Waals surface area contributed by atoms with Gasteiger partial charge in [0.25, 0.3) is 0 Å². The maximum atomic E-state index is 9.58. The lowest BCUT2D eigenvalue weighted by Crippen LogP contribution is -2.19. The van der Waals surface area contributed by atoms with Gasteiger partial charge in [0.2, 0.25) is 0 Å². The summed E-state index contributed by atoms with van der Waals surface area (Å²) in [5, 5.41) is 13.0. The number of aryl methyl sites for hydroxylation is 1. The van der Waals surface area contributed by atoms with E-state index >= 15 is 0 Å². The molecule has 110 valence electrons. The maximum absolute atomic E-state index is 9.58. The number of anilines is 2. The molecule has 1 aliphatic heterocycles. The van der Waals surface area contributed by atoms with Gasteiger partial charge in [0, 0.05) is 31.0 Å². The Bertz CT molecular complexity index is 618. The van der Waals surface area contributed by atoms with Gasteiger partial charge in [0.05, 0.1) is 0 Å². The van der Waals surface area contributed by atoms with E-state index in [1.807, 2.05) is 19.1 Å². The lowest BCUT2D eigenvalue weighted by atomic mass is 10.1. The highest BCUT2D eigenvalue weighted by Crippen LogP contribution is 2.26. The van der Waals surface area contributed by atoms with Crippen molar-refractivity contribution >= 4 is 11.4 Å². The number of aromatic hydroxyl groups is 1. The summed E-state index contributed by atoms with van der Waals surface area (Å²) >= 11 is 0. The van der Waals surface area contributed by atoms with Crippen molar-refractivity contribution in [3.05, 3.63) is 53.6 Å². The summed E-state index contributed by atoms with van der Waals surface area (Å²) in [6, 6.07) is 14.2. The monoisotopic (exact) mass is 282 g/mol. The first-order chi connectivity index (χ1) is 10.2. The Hall–Kier alpha value is -2.16. The van der Waals surface area contributed by atoms with Crippen molar-refractivity contribution in [1.82, 2.24) is 0 Å². The number of nitrogens with zero attached hydrogens (tertiary/aromatic N) is 1. The number of phenols is 1. The third-order valence-corrected chi connectivity index (χ3v) is 4.12. The van der Waals surface area contributed by atoms with Crippen LogP contribution in [0.5, 0.6) is 5.75 Å². The van der Waals surface area contributed by atoms with Gasteiger partial charge in [-0.15, -0.1) is 0 Å². The van der Waals surface area contributed by atoms with E-state index in [-0.39, 0.29) is 0 Å². The van der Waals surface area contributed by atoms with E-state index in [1.165, 1.54) is 24.1 Å². The molecule has 21 heavy (non-hydrogen) atoms. The van der Waals surface area contributed by atoms with Gasteiger partial charge in [-0.3, -0.25) is 0 Å². The molecule has 1 heterocycles. The molecule has 0 spiro atoms. The predicted molar refractivity (Wildman–Crippen MR) is 88.1 cm³/mol. The van der Waals surface area contributed by atoms with Gasteiger partial charge in [-0.05, 0) is 55.2 Å². The summed E-state index contributed by atoms with van der Waals surface area (Å²) in [5.74, 6) is 0.345. The average Bonchev–Trinajstić information content (AvgIpc) is 3.03. The third-order valence-electron chi connectivity index (χ3n) is 4.12. The fourth-order valence-corrected chi connectivity index (χ4v) is 2.89. The summed E-state index contributed by atoms with van der Waals surface area (Å²) in [6.07, 6.45) is 2.58. The lowest BCUT2D eigenvalue weighted by molar-refractivity contribution is 0.471.